The van der Waals surface area contributed by atoms with Crippen LogP contribution in [-0.2, 0) is 17.6 Å². The van der Waals surface area contributed by atoms with Crippen molar-refractivity contribution < 1.29 is 4.79 Å². The molecule has 1 fully saturated rings. The lowest BCUT2D eigenvalue weighted by molar-refractivity contribution is -0.134. The van der Waals surface area contributed by atoms with E-state index in [0.29, 0.717) is 0 Å². The fourth-order valence-electron chi connectivity index (χ4n) is 2.67. The highest BCUT2D eigenvalue weighted by Gasteiger charge is 2.52. The first kappa shape index (κ1) is 11.3. The molecule has 1 amide bonds. The minimum atomic E-state index is -0.670. The van der Waals surface area contributed by atoms with Gasteiger partial charge in [0.15, 0.2) is 0 Å². The van der Waals surface area contributed by atoms with Crippen molar-refractivity contribution in [3.63, 3.8) is 0 Å². The molecule has 0 N–H and O–H groups in total. The number of rotatable bonds is 1. The molecule has 0 aromatic heterocycles. The lowest BCUT2D eigenvalue weighted by Crippen LogP contribution is -2.38. The first-order chi connectivity index (χ1) is 8.75. The molecular weight excluding hydrogens is 224 g/mol. The average molecular weight is 240 g/mol. The fourth-order valence-corrected chi connectivity index (χ4v) is 2.67. The van der Waals surface area contributed by atoms with Crippen molar-refractivity contribution in [3.8, 4) is 6.07 Å². The number of amides is 1. The van der Waals surface area contributed by atoms with E-state index in [4.69, 9.17) is 5.26 Å². The quantitative estimate of drug-likeness (QED) is 0.752. The van der Waals surface area contributed by atoms with Crippen molar-refractivity contribution in [1.29, 1.82) is 5.26 Å². The van der Waals surface area contributed by atoms with E-state index in [-0.39, 0.29) is 5.91 Å². The van der Waals surface area contributed by atoms with Gasteiger partial charge in [0.25, 0.3) is 0 Å². The number of fused-ring (bicyclic) bond motifs is 1. The maximum atomic E-state index is 12.3. The summed E-state index contributed by atoms with van der Waals surface area (Å²) in [5.41, 5.74) is 2.01. The van der Waals surface area contributed by atoms with Crippen LogP contribution in [0.3, 0.4) is 0 Å². The van der Waals surface area contributed by atoms with Crippen LogP contribution in [0.25, 0.3) is 0 Å². The maximum absolute atomic E-state index is 12.3. The molecule has 0 bridgehead atoms. The van der Waals surface area contributed by atoms with Gasteiger partial charge < -0.3 is 4.90 Å². The second-order valence-corrected chi connectivity index (χ2v) is 5.25. The molecule has 0 saturated heterocycles. The Morgan fingerprint density at radius 2 is 1.72 bits per heavy atom. The summed E-state index contributed by atoms with van der Waals surface area (Å²) in [7, 11) is 0. The average Bonchev–Trinajstić information content (AvgIpc) is 3.22. The topological polar surface area (TPSA) is 44.1 Å². The third-order valence-corrected chi connectivity index (χ3v) is 4.08. The lowest BCUT2D eigenvalue weighted by Gasteiger charge is -2.22. The van der Waals surface area contributed by atoms with Gasteiger partial charge in [-0.25, -0.2) is 0 Å². The number of hydrogen-bond acceptors (Lipinski definition) is 2. The Hall–Kier alpha value is -1.82. The highest BCUT2D eigenvalue weighted by atomic mass is 16.2. The summed E-state index contributed by atoms with van der Waals surface area (Å²) >= 11 is 0. The molecule has 1 heterocycles. The number of nitriles is 1. The van der Waals surface area contributed by atoms with Gasteiger partial charge in [-0.2, -0.15) is 5.26 Å². The molecule has 2 aliphatic rings. The van der Waals surface area contributed by atoms with Crippen LogP contribution in [0.5, 0.6) is 0 Å². The van der Waals surface area contributed by atoms with Crippen LogP contribution < -0.4 is 0 Å². The van der Waals surface area contributed by atoms with E-state index in [9.17, 15) is 4.79 Å². The zero-order chi connectivity index (χ0) is 12.6. The van der Waals surface area contributed by atoms with Crippen LogP contribution in [0.1, 0.15) is 24.0 Å². The van der Waals surface area contributed by atoms with E-state index in [0.717, 1.165) is 38.8 Å². The lowest BCUT2D eigenvalue weighted by atomic mass is 10.0. The normalized spacial score (nSPS) is 20.5. The van der Waals surface area contributed by atoms with Crippen LogP contribution in [0, 0.1) is 16.7 Å². The van der Waals surface area contributed by atoms with Crippen LogP contribution >= 0.6 is 0 Å². The number of benzene rings is 1. The highest BCUT2D eigenvalue weighted by molar-refractivity contribution is 5.88. The molecule has 18 heavy (non-hydrogen) atoms. The molecule has 1 aromatic rings. The summed E-state index contributed by atoms with van der Waals surface area (Å²) in [6.45, 7) is 1.50. The van der Waals surface area contributed by atoms with Gasteiger partial charge in [-0.3, -0.25) is 4.79 Å². The minimum absolute atomic E-state index is 0.0535. The smallest absolute Gasteiger partial charge is 0.243 e. The molecule has 0 radical (unpaired) electrons. The molecule has 1 saturated carbocycles. The number of nitrogens with zero attached hydrogens (tertiary/aromatic N) is 2. The number of carbonyl (C=O) groups is 1. The highest BCUT2D eigenvalue weighted by Crippen LogP contribution is 2.46. The molecular formula is C15H16N2O. The molecule has 3 nitrogen and oxygen atoms in total. The van der Waals surface area contributed by atoms with Crippen LogP contribution in [0.4, 0.5) is 0 Å². The predicted octanol–water partition coefficient (Wildman–Crippen LogP) is 1.92. The van der Waals surface area contributed by atoms with Gasteiger partial charge in [-0.05, 0) is 36.8 Å². The van der Waals surface area contributed by atoms with E-state index in [1.165, 1.54) is 11.1 Å². The Morgan fingerprint density at radius 1 is 1.17 bits per heavy atom. The Balaban J connectivity index is 1.76. The van der Waals surface area contributed by atoms with Crippen LogP contribution in [0.15, 0.2) is 24.3 Å². The molecule has 1 aromatic carbocycles. The summed E-state index contributed by atoms with van der Waals surface area (Å²) in [6.07, 6.45) is 3.30. The zero-order valence-electron chi connectivity index (χ0n) is 10.4. The monoisotopic (exact) mass is 240 g/mol. The van der Waals surface area contributed by atoms with Gasteiger partial charge in [-0.15, -0.1) is 0 Å². The molecule has 92 valence electrons. The molecule has 0 spiro atoms. The first-order valence-electron chi connectivity index (χ1n) is 6.53. The van der Waals surface area contributed by atoms with Crippen LogP contribution in [-0.4, -0.2) is 23.9 Å². The summed E-state index contributed by atoms with van der Waals surface area (Å²) < 4.78 is 0. The van der Waals surface area contributed by atoms with E-state index in [1.807, 2.05) is 17.0 Å². The molecule has 0 unspecified atom stereocenters. The molecule has 0 atom stereocenters. The third-order valence-electron chi connectivity index (χ3n) is 4.08. The third kappa shape index (κ3) is 1.78. The summed E-state index contributed by atoms with van der Waals surface area (Å²) in [6, 6.07) is 10.6. The van der Waals surface area contributed by atoms with Crippen LogP contribution in [0.2, 0.25) is 0 Å². The first-order valence-corrected chi connectivity index (χ1v) is 6.53. The van der Waals surface area contributed by atoms with Crippen molar-refractivity contribution in [3.05, 3.63) is 35.4 Å². The standard InChI is InChI=1S/C15H16N2O/c16-11-15(7-8-15)14(18)17-9-5-12-3-1-2-4-13(12)6-10-17/h1-4H,5-10H2. The van der Waals surface area contributed by atoms with Gasteiger partial charge in [0.2, 0.25) is 5.91 Å². The van der Waals surface area contributed by atoms with Gasteiger partial charge in [0, 0.05) is 13.1 Å². The predicted molar refractivity (Wildman–Crippen MR) is 67.7 cm³/mol. The van der Waals surface area contributed by atoms with Crippen molar-refractivity contribution in [2.45, 2.75) is 25.7 Å². The van der Waals surface area contributed by atoms with Gasteiger partial charge in [-0.1, -0.05) is 24.3 Å². The second kappa shape index (κ2) is 4.13. The maximum Gasteiger partial charge on any atom is 0.243 e. The minimum Gasteiger partial charge on any atom is -0.341 e. The summed E-state index contributed by atoms with van der Waals surface area (Å²) in [5, 5.41) is 9.10. The van der Waals surface area contributed by atoms with Gasteiger partial charge in [0.1, 0.15) is 5.41 Å². The van der Waals surface area contributed by atoms with E-state index in [2.05, 4.69) is 18.2 Å². The molecule has 3 heteroatoms. The van der Waals surface area contributed by atoms with Gasteiger partial charge in [0.05, 0.1) is 6.07 Å². The largest absolute Gasteiger partial charge is 0.341 e. The second-order valence-electron chi connectivity index (χ2n) is 5.25. The summed E-state index contributed by atoms with van der Waals surface area (Å²) in [5.74, 6) is 0.0535. The zero-order valence-corrected chi connectivity index (χ0v) is 10.4. The van der Waals surface area contributed by atoms with E-state index < -0.39 is 5.41 Å². The number of hydrogen-bond donors (Lipinski definition) is 0. The van der Waals surface area contributed by atoms with Crippen molar-refractivity contribution in [2.24, 2.45) is 5.41 Å². The van der Waals surface area contributed by atoms with E-state index >= 15 is 0 Å². The Bertz CT molecular complexity index is 499. The molecule has 3 rings (SSSR count). The molecule has 1 aliphatic heterocycles. The van der Waals surface area contributed by atoms with E-state index in [1.54, 1.807) is 0 Å². The van der Waals surface area contributed by atoms with Crippen molar-refractivity contribution in [2.75, 3.05) is 13.1 Å². The SMILES string of the molecule is N#CC1(C(=O)N2CCc3ccccc3CC2)CC1. The van der Waals surface area contributed by atoms with Gasteiger partial charge >= 0.3 is 0 Å². The Labute approximate surface area is 107 Å². The number of carbonyl (C=O) groups excluding carboxylic acids is 1. The van der Waals surface area contributed by atoms with Crippen molar-refractivity contribution in [1.82, 2.24) is 4.90 Å². The molecule has 1 aliphatic carbocycles. The summed E-state index contributed by atoms with van der Waals surface area (Å²) in [4.78, 5) is 14.2. The Kier molecular flexibility index (Phi) is 2.59. The fraction of sp³-hybridized carbons (Fsp3) is 0.467. The van der Waals surface area contributed by atoms with Crippen molar-refractivity contribution >= 4 is 5.91 Å². The Morgan fingerprint density at radius 3 is 2.17 bits per heavy atom.